The van der Waals surface area contributed by atoms with E-state index in [1.807, 2.05) is 12.1 Å². The van der Waals surface area contributed by atoms with Crippen LogP contribution in [0, 0.1) is 0 Å². The van der Waals surface area contributed by atoms with Gasteiger partial charge < -0.3 is 4.42 Å². The molecule has 2 amide bonds. The molecule has 7 heteroatoms. The number of imide groups is 1. The molecule has 1 aliphatic rings. The first-order chi connectivity index (χ1) is 13.6. The van der Waals surface area contributed by atoms with E-state index in [1.54, 1.807) is 54.9 Å². The number of rotatable bonds is 6. The van der Waals surface area contributed by atoms with Crippen molar-refractivity contribution in [3.8, 4) is 0 Å². The first-order valence-corrected chi connectivity index (χ1v) is 9.91. The van der Waals surface area contributed by atoms with Crippen LogP contribution in [-0.2, 0) is 21.9 Å². The van der Waals surface area contributed by atoms with Crippen molar-refractivity contribution >= 4 is 40.8 Å². The van der Waals surface area contributed by atoms with E-state index in [4.69, 9.17) is 16.0 Å². The van der Waals surface area contributed by atoms with Gasteiger partial charge in [0.1, 0.15) is 5.76 Å². The van der Waals surface area contributed by atoms with Crippen molar-refractivity contribution in [1.29, 1.82) is 0 Å². The molecule has 0 saturated carbocycles. The summed E-state index contributed by atoms with van der Waals surface area (Å²) in [6.07, 6.45) is 3.22. The molecular weight excluding hydrogens is 396 g/mol. The Balaban J connectivity index is 1.67. The second kappa shape index (κ2) is 8.04. The highest BCUT2D eigenvalue weighted by atomic mass is 35.5. The summed E-state index contributed by atoms with van der Waals surface area (Å²) in [5.74, 6) is 0.532. The van der Waals surface area contributed by atoms with Crippen molar-refractivity contribution in [3.63, 3.8) is 0 Å². The van der Waals surface area contributed by atoms with E-state index < -0.39 is 0 Å². The summed E-state index contributed by atoms with van der Waals surface area (Å²) < 4.78 is 5.35. The molecule has 1 aliphatic heterocycles. The zero-order valence-electron chi connectivity index (χ0n) is 14.7. The van der Waals surface area contributed by atoms with Gasteiger partial charge in [-0.15, -0.1) is 11.8 Å². The van der Waals surface area contributed by atoms with Crippen LogP contribution in [0.4, 0.5) is 0 Å². The number of benzene rings is 1. The Hall–Kier alpha value is -2.83. The maximum atomic E-state index is 13.1. The second-order valence-electron chi connectivity index (χ2n) is 6.10. The third-order valence-corrected chi connectivity index (χ3v) is 5.59. The van der Waals surface area contributed by atoms with E-state index in [2.05, 4.69) is 4.98 Å². The number of pyridine rings is 1. The fourth-order valence-electron chi connectivity index (χ4n) is 2.89. The Bertz CT molecular complexity index is 1030. The molecule has 0 radical (unpaired) electrons. The number of nitrogens with zero attached hydrogens (tertiary/aromatic N) is 2. The van der Waals surface area contributed by atoms with Gasteiger partial charge in [0.25, 0.3) is 11.8 Å². The molecule has 4 rings (SSSR count). The second-order valence-corrected chi connectivity index (χ2v) is 7.52. The quantitative estimate of drug-likeness (QED) is 0.558. The van der Waals surface area contributed by atoms with Gasteiger partial charge in [0.05, 0.1) is 34.7 Å². The molecule has 0 fully saturated rings. The van der Waals surface area contributed by atoms with Gasteiger partial charge >= 0.3 is 0 Å². The first kappa shape index (κ1) is 18.5. The lowest BCUT2D eigenvalue weighted by Crippen LogP contribution is -2.31. The lowest BCUT2D eigenvalue weighted by Gasteiger charge is -2.14. The molecule has 3 aromatic rings. The van der Waals surface area contributed by atoms with Gasteiger partial charge in [-0.25, -0.2) is 0 Å². The van der Waals surface area contributed by atoms with Crippen LogP contribution in [0.1, 0.15) is 17.0 Å². The highest BCUT2D eigenvalue weighted by Crippen LogP contribution is 2.38. The van der Waals surface area contributed by atoms with Crippen molar-refractivity contribution in [3.05, 3.63) is 94.0 Å². The van der Waals surface area contributed by atoms with Gasteiger partial charge in [0.2, 0.25) is 0 Å². The minimum Gasteiger partial charge on any atom is -0.468 e. The fraction of sp³-hybridized carbons (Fsp3) is 0.0952. The normalized spacial score (nSPS) is 14.2. The van der Waals surface area contributed by atoms with Crippen LogP contribution in [0.5, 0.6) is 0 Å². The summed E-state index contributed by atoms with van der Waals surface area (Å²) >= 11 is 7.28. The lowest BCUT2D eigenvalue weighted by molar-refractivity contribution is -0.137. The van der Waals surface area contributed by atoms with Gasteiger partial charge in [-0.2, -0.15) is 0 Å². The van der Waals surface area contributed by atoms with E-state index in [0.29, 0.717) is 32.5 Å². The Kier molecular flexibility index (Phi) is 5.32. The van der Waals surface area contributed by atoms with E-state index in [1.165, 1.54) is 16.7 Å². The summed E-state index contributed by atoms with van der Waals surface area (Å²) in [5.41, 5.74) is 1.69. The topological polar surface area (TPSA) is 63.4 Å². The summed E-state index contributed by atoms with van der Waals surface area (Å²) in [4.78, 5) is 32.1. The molecule has 0 atom stereocenters. The Labute approximate surface area is 171 Å². The number of halogens is 1. The summed E-state index contributed by atoms with van der Waals surface area (Å²) in [5, 5.41) is 0.566. The average Bonchev–Trinajstić information content (AvgIpc) is 3.30. The third kappa shape index (κ3) is 3.74. The Morgan fingerprint density at radius 3 is 2.50 bits per heavy atom. The van der Waals surface area contributed by atoms with Crippen molar-refractivity contribution in [2.45, 2.75) is 12.3 Å². The van der Waals surface area contributed by atoms with Crippen LogP contribution in [0.3, 0.4) is 0 Å². The molecule has 0 N–H and O–H groups in total. The number of aromatic nitrogens is 1. The SMILES string of the molecule is O=C1C(SCc2ccco2)=C(c2ccc(Cl)cc2)C(=O)N1Cc1ccccn1. The number of hydrogen-bond donors (Lipinski definition) is 0. The van der Waals surface area contributed by atoms with Crippen LogP contribution < -0.4 is 0 Å². The largest absolute Gasteiger partial charge is 0.468 e. The summed E-state index contributed by atoms with van der Waals surface area (Å²) in [6.45, 7) is 0.125. The fourth-order valence-corrected chi connectivity index (χ4v) is 4.05. The number of carbonyl (C=O) groups excluding carboxylic acids is 2. The number of amides is 2. The number of furan rings is 1. The molecule has 0 aliphatic carbocycles. The number of thioether (sulfide) groups is 1. The minimum absolute atomic E-state index is 0.125. The smallest absolute Gasteiger partial charge is 0.268 e. The van der Waals surface area contributed by atoms with Crippen molar-refractivity contribution in [1.82, 2.24) is 9.88 Å². The number of hydrogen-bond acceptors (Lipinski definition) is 5. The zero-order chi connectivity index (χ0) is 19.5. The average molecular weight is 411 g/mol. The molecule has 2 aromatic heterocycles. The highest BCUT2D eigenvalue weighted by Gasteiger charge is 2.39. The molecule has 28 heavy (non-hydrogen) atoms. The standard InChI is InChI=1S/C21H15ClN2O3S/c22-15-8-6-14(7-9-15)18-19(28-13-17-5-3-11-27-17)21(26)24(20(18)25)12-16-4-1-2-10-23-16/h1-11H,12-13H2. The zero-order valence-corrected chi connectivity index (χ0v) is 16.2. The minimum atomic E-state index is -0.333. The van der Waals surface area contributed by atoms with Crippen LogP contribution in [-0.4, -0.2) is 21.7 Å². The lowest BCUT2D eigenvalue weighted by atomic mass is 10.1. The predicted molar refractivity (Wildman–Crippen MR) is 108 cm³/mol. The summed E-state index contributed by atoms with van der Waals surface area (Å²) in [7, 11) is 0. The summed E-state index contributed by atoms with van der Waals surface area (Å²) in [6, 6.07) is 15.9. The van der Waals surface area contributed by atoms with Crippen LogP contribution >= 0.6 is 23.4 Å². The van der Waals surface area contributed by atoms with E-state index >= 15 is 0 Å². The molecule has 5 nitrogen and oxygen atoms in total. The van der Waals surface area contributed by atoms with Crippen molar-refractivity contribution in [2.75, 3.05) is 0 Å². The monoisotopic (exact) mass is 410 g/mol. The van der Waals surface area contributed by atoms with Gasteiger partial charge in [0, 0.05) is 11.2 Å². The Morgan fingerprint density at radius 2 is 1.82 bits per heavy atom. The molecule has 0 bridgehead atoms. The molecule has 1 aromatic carbocycles. The Morgan fingerprint density at radius 1 is 1.00 bits per heavy atom. The number of carbonyl (C=O) groups is 2. The van der Waals surface area contributed by atoms with Gasteiger partial charge in [-0.1, -0.05) is 29.8 Å². The van der Waals surface area contributed by atoms with Crippen molar-refractivity contribution in [2.24, 2.45) is 0 Å². The van der Waals surface area contributed by atoms with Crippen LogP contribution in [0.15, 0.2) is 76.4 Å². The van der Waals surface area contributed by atoms with E-state index in [9.17, 15) is 9.59 Å². The van der Waals surface area contributed by atoms with Gasteiger partial charge in [0.15, 0.2) is 0 Å². The van der Waals surface area contributed by atoms with Crippen LogP contribution in [0.25, 0.3) is 5.57 Å². The maximum absolute atomic E-state index is 13.1. The van der Waals surface area contributed by atoms with Crippen LogP contribution in [0.2, 0.25) is 5.02 Å². The van der Waals surface area contributed by atoms with Crippen molar-refractivity contribution < 1.29 is 14.0 Å². The molecule has 0 saturated heterocycles. The predicted octanol–water partition coefficient (Wildman–Crippen LogP) is 4.54. The first-order valence-electron chi connectivity index (χ1n) is 8.55. The molecule has 0 spiro atoms. The molecule has 0 unspecified atom stereocenters. The van der Waals surface area contributed by atoms with E-state index in [-0.39, 0.29) is 18.4 Å². The van der Waals surface area contributed by atoms with Gasteiger partial charge in [-0.3, -0.25) is 19.5 Å². The third-order valence-electron chi connectivity index (χ3n) is 4.24. The molecule has 140 valence electrons. The highest BCUT2D eigenvalue weighted by molar-refractivity contribution is 8.03. The maximum Gasteiger partial charge on any atom is 0.268 e. The molecular formula is C21H15ClN2O3S. The van der Waals surface area contributed by atoms with Gasteiger partial charge in [-0.05, 0) is 42.0 Å². The van der Waals surface area contributed by atoms with E-state index in [0.717, 1.165) is 5.76 Å². The molecule has 3 heterocycles.